The predicted molar refractivity (Wildman–Crippen MR) is 68.2 cm³/mol. The number of halogens is 1. The molecule has 1 fully saturated rings. The molecule has 0 unspecified atom stereocenters. The van der Waals surface area contributed by atoms with Gasteiger partial charge in [-0.2, -0.15) is 5.26 Å². The van der Waals surface area contributed by atoms with Gasteiger partial charge in [-0.05, 0) is 31.9 Å². The van der Waals surface area contributed by atoms with Gasteiger partial charge in [-0.3, -0.25) is 4.79 Å². The third-order valence-corrected chi connectivity index (χ3v) is 4.43. The van der Waals surface area contributed by atoms with Crippen LogP contribution in [0.2, 0.25) is 4.34 Å². The van der Waals surface area contributed by atoms with Crippen molar-refractivity contribution in [2.24, 2.45) is 5.41 Å². The number of hydrogen-bond donors (Lipinski definition) is 0. The number of rotatable bonds is 1. The van der Waals surface area contributed by atoms with Gasteiger partial charge in [-0.15, -0.1) is 11.3 Å². The minimum Gasteiger partial charge on any atom is -0.338 e. The van der Waals surface area contributed by atoms with Gasteiger partial charge in [0.05, 0.1) is 20.7 Å². The maximum Gasteiger partial charge on any atom is 0.263 e. The molecule has 17 heavy (non-hydrogen) atoms. The number of thiophene rings is 1. The SMILES string of the molecule is CC1(C#N)CCN(C(=O)c2ccc(Cl)s2)CC1. The molecule has 2 heterocycles. The van der Waals surface area contributed by atoms with E-state index < -0.39 is 0 Å². The molecular formula is C12H13ClN2OS. The zero-order chi connectivity index (χ0) is 12.5. The lowest BCUT2D eigenvalue weighted by molar-refractivity contribution is 0.0666. The molecule has 0 aromatic carbocycles. The highest BCUT2D eigenvalue weighted by Gasteiger charge is 2.32. The number of amides is 1. The third-order valence-electron chi connectivity index (χ3n) is 3.21. The Kier molecular flexibility index (Phi) is 3.41. The second kappa shape index (κ2) is 4.67. The van der Waals surface area contributed by atoms with Gasteiger partial charge >= 0.3 is 0 Å². The Hall–Kier alpha value is -1.05. The molecule has 0 aliphatic carbocycles. The molecule has 1 saturated heterocycles. The highest BCUT2D eigenvalue weighted by atomic mass is 35.5. The van der Waals surface area contributed by atoms with Crippen molar-refractivity contribution < 1.29 is 4.79 Å². The van der Waals surface area contributed by atoms with E-state index in [4.69, 9.17) is 16.9 Å². The van der Waals surface area contributed by atoms with Gasteiger partial charge in [-0.25, -0.2) is 0 Å². The van der Waals surface area contributed by atoms with E-state index in [9.17, 15) is 4.79 Å². The fourth-order valence-corrected chi connectivity index (χ4v) is 2.91. The van der Waals surface area contributed by atoms with Gasteiger partial charge in [-0.1, -0.05) is 11.6 Å². The van der Waals surface area contributed by atoms with Crippen LogP contribution in [0, 0.1) is 16.7 Å². The highest BCUT2D eigenvalue weighted by molar-refractivity contribution is 7.17. The minimum atomic E-state index is -0.274. The second-order valence-corrected chi connectivity index (χ2v) is 6.28. The molecule has 1 aromatic heterocycles. The quantitative estimate of drug-likeness (QED) is 0.785. The lowest BCUT2D eigenvalue weighted by Gasteiger charge is -2.34. The lowest BCUT2D eigenvalue weighted by Crippen LogP contribution is -2.41. The average Bonchev–Trinajstić information content (AvgIpc) is 2.76. The maximum atomic E-state index is 12.1. The van der Waals surface area contributed by atoms with Gasteiger partial charge in [0.15, 0.2) is 0 Å². The average molecular weight is 269 g/mol. The molecular weight excluding hydrogens is 256 g/mol. The molecule has 1 aliphatic heterocycles. The number of carbonyl (C=O) groups is 1. The standard InChI is InChI=1S/C12H13ClN2OS/c1-12(8-14)4-6-15(7-5-12)11(16)9-2-3-10(13)17-9/h2-3H,4-7H2,1H3. The molecule has 0 radical (unpaired) electrons. The van der Waals surface area contributed by atoms with Crippen LogP contribution < -0.4 is 0 Å². The summed E-state index contributed by atoms with van der Waals surface area (Å²) in [7, 11) is 0. The number of hydrogen-bond acceptors (Lipinski definition) is 3. The summed E-state index contributed by atoms with van der Waals surface area (Å²) in [6, 6.07) is 5.82. The van der Waals surface area contributed by atoms with Crippen molar-refractivity contribution in [1.29, 1.82) is 5.26 Å². The number of carbonyl (C=O) groups excluding carboxylic acids is 1. The van der Waals surface area contributed by atoms with Crippen LogP contribution in [0.1, 0.15) is 29.4 Å². The largest absolute Gasteiger partial charge is 0.338 e. The van der Waals surface area contributed by atoms with E-state index in [1.165, 1.54) is 11.3 Å². The van der Waals surface area contributed by atoms with Crippen LogP contribution in [-0.4, -0.2) is 23.9 Å². The highest BCUT2D eigenvalue weighted by Crippen LogP contribution is 2.31. The summed E-state index contributed by atoms with van der Waals surface area (Å²) in [5, 5.41) is 9.03. The van der Waals surface area contributed by atoms with Crippen molar-refractivity contribution in [3.05, 3.63) is 21.3 Å². The first-order valence-electron chi connectivity index (χ1n) is 5.50. The Labute approximate surface area is 110 Å². The van der Waals surface area contributed by atoms with Crippen LogP contribution in [-0.2, 0) is 0 Å². The molecule has 1 aliphatic rings. The van der Waals surface area contributed by atoms with E-state index in [1.807, 2.05) is 6.92 Å². The second-order valence-electron chi connectivity index (χ2n) is 4.57. The molecule has 0 spiro atoms. The molecule has 2 rings (SSSR count). The first-order valence-corrected chi connectivity index (χ1v) is 6.69. The topological polar surface area (TPSA) is 44.1 Å². The summed E-state index contributed by atoms with van der Waals surface area (Å²) in [6.45, 7) is 3.26. The van der Waals surface area contributed by atoms with Crippen molar-refractivity contribution in [2.45, 2.75) is 19.8 Å². The van der Waals surface area contributed by atoms with Crippen molar-refractivity contribution in [2.75, 3.05) is 13.1 Å². The van der Waals surface area contributed by atoms with Crippen molar-refractivity contribution >= 4 is 28.8 Å². The molecule has 1 amide bonds. The van der Waals surface area contributed by atoms with Crippen molar-refractivity contribution in [3.63, 3.8) is 0 Å². The smallest absolute Gasteiger partial charge is 0.263 e. The maximum absolute atomic E-state index is 12.1. The van der Waals surface area contributed by atoms with Crippen LogP contribution in [0.4, 0.5) is 0 Å². The number of nitriles is 1. The van der Waals surface area contributed by atoms with Crippen LogP contribution >= 0.6 is 22.9 Å². The first kappa shape index (κ1) is 12.4. The molecule has 90 valence electrons. The Morgan fingerprint density at radius 1 is 1.53 bits per heavy atom. The zero-order valence-electron chi connectivity index (χ0n) is 9.57. The van der Waals surface area contributed by atoms with E-state index in [1.54, 1.807) is 17.0 Å². The Morgan fingerprint density at radius 2 is 2.18 bits per heavy atom. The molecule has 1 aromatic rings. The van der Waals surface area contributed by atoms with Gasteiger partial charge in [0.25, 0.3) is 5.91 Å². The summed E-state index contributed by atoms with van der Waals surface area (Å²) in [5.74, 6) is 0.0295. The van der Waals surface area contributed by atoms with E-state index in [0.29, 0.717) is 22.3 Å². The molecule has 0 N–H and O–H groups in total. The Bertz CT molecular complexity index is 469. The fourth-order valence-electron chi connectivity index (χ4n) is 1.90. The fraction of sp³-hybridized carbons (Fsp3) is 0.500. The lowest BCUT2D eigenvalue weighted by atomic mass is 9.82. The monoisotopic (exact) mass is 268 g/mol. The predicted octanol–water partition coefficient (Wildman–Crippen LogP) is 3.17. The molecule has 0 atom stereocenters. The molecule has 3 nitrogen and oxygen atoms in total. The van der Waals surface area contributed by atoms with Crippen LogP contribution in [0.3, 0.4) is 0 Å². The number of nitrogens with zero attached hydrogens (tertiary/aromatic N) is 2. The molecule has 5 heteroatoms. The summed E-state index contributed by atoms with van der Waals surface area (Å²) in [5.41, 5.74) is -0.274. The minimum absolute atomic E-state index is 0.0295. The zero-order valence-corrected chi connectivity index (χ0v) is 11.1. The summed E-state index contributed by atoms with van der Waals surface area (Å²) < 4.78 is 0.632. The Morgan fingerprint density at radius 3 is 2.65 bits per heavy atom. The van der Waals surface area contributed by atoms with Gasteiger partial charge in [0.2, 0.25) is 0 Å². The van der Waals surface area contributed by atoms with E-state index in [-0.39, 0.29) is 11.3 Å². The van der Waals surface area contributed by atoms with Gasteiger partial charge < -0.3 is 4.90 Å². The van der Waals surface area contributed by atoms with E-state index in [0.717, 1.165) is 12.8 Å². The van der Waals surface area contributed by atoms with Crippen LogP contribution in [0.5, 0.6) is 0 Å². The van der Waals surface area contributed by atoms with E-state index in [2.05, 4.69) is 6.07 Å². The third kappa shape index (κ3) is 2.62. The van der Waals surface area contributed by atoms with Crippen LogP contribution in [0.15, 0.2) is 12.1 Å². The first-order chi connectivity index (χ1) is 8.04. The van der Waals surface area contributed by atoms with Gasteiger partial charge in [0.1, 0.15) is 0 Å². The Balaban J connectivity index is 2.02. The normalized spacial score (nSPS) is 18.8. The summed E-state index contributed by atoms with van der Waals surface area (Å²) in [6.07, 6.45) is 1.49. The number of likely N-dealkylation sites (tertiary alicyclic amines) is 1. The van der Waals surface area contributed by atoms with Crippen molar-refractivity contribution in [3.8, 4) is 6.07 Å². The summed E-state index contributed by atoms with van der Waals surface area (Å²) in [4.78, 5) is 14.6. The number of piperidine rings is 1. The van der Waals surface area contributed by atoms with Crippen molar-refractivity contribution in [1.82, 2.24) is 4.90 Å². The van der Waals surface area contributed by atoms with Gasteiger partial charge in [0, 0.05) is 13.1 Å². The molecule has 0 bridgehead atoms. The molecule has 0 saturated carbocycles. The summed E-state index contributed by atoms with van der Waals surface area (Å²) >= 11 is 7.12. The van der Waals surface area contributed by atoms with Crippen LogP contribution in [0.25, 0.3) is 0 Å². The van der Waals surface area contributed by atoms with E-state index >= 15 is 0 Å².